The van der Waals surface area contributed by atoms with Gasteiger partial charge in [0.25, 0.3) is 0 Å². The lowest BCUT2D eigenvalue weighted by Crippen LogP contribution is -2.06. The Bertz CT molecular complexity index is 1050. The molecule has 0 N–H and O–H groups in total. The molecule has 5 nitrogen and oxygen atoms in total. The van der Waals surface area contributed by atoms with Crippen LogP contribution in [0.25, 0.3) is 5.69 Å². The molecule has 1 aromatic heterocycles. The lowest BCUT2D eigenvalue weighted by molar-refractivity contribution is 0.591. The molecule has 0 fully saturated rings. The highest BCUT2D eigenvalue weighted by Gasteiger charge is 2.26. The van der Waals surface area contributed by atoms with Crippen LogP contribution >= 0.6 is 11.6 Å². The topological polar surface area (TPSA) is 64.8 Å². The van der Waals surface area contributed by atoms with Crippen LogP contribution in [0.5, 0.6) is 0 Å². The van der Waals surface area contributed by atoms with Gasteiger partial charge >= 0.3 is 0 Å². The molecule has 26 heavy (non-hydrogen) atoms. The summed E-state index contributed by atoms with van der Waals surface area (Å²) in [5.41, 5.74) is 3.13. The van der Waals surface area contributed by atoms with E-state index in [1.54, 1.807) is 25.1 Å². The third-order valence-corrected chi connectivity index (χ3v) is 6.55. The average Bonchev–Trinajstić information content (AvgIpc) is 2.99. The second-order valence-electron chi connectivity index (χ2n) is 6.55. The van der Waals surface area contributed by atoms with Gasteiger partial charge in [-0.15, -0.1) is 5.10 Å². The van der Waals surface area contributed by atoms with Crippen molar-refractivity contribution >= 4 is 21.4 Å². The van der Waals surface area contributed by atoms with Crippen molar-refractivity contribution in [1.29, 1.82) is 0 Å². The van der Waals surface area contributed by atoms with Crippen LogP contribution in [0, 0.1) is 13.8 Å². The minimum absolute atomic E-state index is 0.0495. The largest absolute Gasteiger partial charge is 0.227 e. The normalized spacial score (nSPS) is 11.9. The van der Waals surface area contributed by atoms with Gasteiger partial charge in [-0.25, -0.2) is 13.1 Å². The van der Waals surface area contributed by atoms with Gasteiger partial charge in [-0.3, -0.25) is 0 Å². The summed E-state index contributed by atoms with van der Waals surface area (Å²) >= 11 is 6.17. The fourth-order valence-corrected chi connectivity index (χ4v) is 4.18. The predicted octanol–water partition coefficient (Wildman–Crippen LogP) is 4.49. The zero-order valence-corrected chi connectivity index (χ0v) is 16.6. The van der Waals surface area contributed by atoms with Crippen LogP contribution in [0.1, 0.15) is 36.6 Å². The number of nitrogens with zero attached hydrogens (tertiary/aromatic N) is 3. The van der Waals surface area contributed by atoms with Crippen molar-refractivity contribution in [3.8, 4) is 5.69 Å². The Balaban J connectivity index is 2.04. The molecular weight excluding hydrogens is 370 g/mol. The lowest BCUT2D eigenvalue weighted by Gasteiger charge is -2.08. The van der Waals surface area contributed by atoms with Crippen LogP contribution in [-0.2, 0) is 9.84 Å². The number of aromatic nitrogens is 3. The van der Waals surface area contributed by atoms with Gasteiger partial charge in [-0.05, 0) is 55.2 Å². The third kappa shape index (κ3) is 3.27. The molecule has 3 aromatic rings. The van der Waals surface area contributed by atoms with Crippen molar-refractivity contribution in [2.75, 3.05) is 0 Å². The van der Waals surface area contributed by atoms with Crippen molar-refractivity contribution < 1.29 is 8.42 Å². The van der Waals surface area contributed by atoms with Crippen LogP contribution in [0.15, 0.2) is 52.4 Å². The molecule has 0 radical (unpaired) electrons. The second kappa shape index (κ2) is 6.85. The third-order valence-electron chi connectivity index (χ3n) is 4.36. The quantitative estimate of drug-likeness (QED) is 0.659. The fraction of sp³-hybridized carbons (Fsp3) is 0.263. The summed E-state index contributed by atoms with van der Waals surface area (Å²) in [5, 5.41) is 8.49. The first-order chi connectivity index (χ1) is 12.2. The molecular formula is C19H20ClN3O2S. The number of benzene rings is 2. The van der Waals surface area contributed by atoms with Crippen molar-refractivity contribution in [3.05, 3.63) is 64.3 Å². The Kier molecular flexibility index (Phi) is 4.90. The minimum Gasteiger partial charge on any atom is -0.217 e. The molecule has 0 saturated heterocycles. The molecule has 0 spiro atoms. The summed E-state index contributed by atoms with van der Waals surface area (Å²) in [5.74, 6) is 0.334. The highest BCUT2D eigenvalue weighted by Crippen LogP contribution is 2.26. The molecule has 0 bridgehead atoms. The van der Waals surface area contributed by atoms with Gasteiger partial charge in [-0.1, -0.05) is 48.9 Å². The van der Waals surface area contributed by atoms with E-state index in [-0.39, 0.29) is 9.92 Å². The first-order valence-corrected chi connectivity index (χ1v) is 10.1. The van der Waals surface area contributed by atoms with Crippen LogP contribution in [0.2, 0.25) is 5.02 Å². The first kappa shape index (κ1) is 18.6. The number of hydrogen-bond acceptors (Lipinski definition) is 4. The van der Waals surface area contributed by atoms with Crippen LogP contribution in [0.3, 0.4) is 0 Å². The maximum atomic E-state index is 13.0. The summed E-state index contributed by atoms with van der Waals surface area (Å²) in [6, 6.07) is 12.3. The Hall–Kier alpha value is -2.18. The lowest BCUT2D eigenvalue weighted by atomic mass is 10.0. The van der Waals surface area contributed by atoms with E-state index in [4.69, 9.17) is 11.6 Å². The van der Waals surface area contributed by atoms with Crippen LogP contribution in [-0.4, -0.2) is 23.4 Å². The molecule has 1 heterocycles. The monoisotopic (exact) mass is 389 g/mol. The molecule has 2 aromatic carbocycles. The molecule has 7 heteroatoms. The van der Waals surface area contributed by atoms with E-state index in [2.05, 4.69) is 24.2 Å². The van der Waals surface area contributed by atoms with E-state index in [1.807, 2.05) is 31.2 Å². The molecule has 0 amide bonds. The van der Waals surface area contributed by atoms with E-state index in [0.29, 0.717) is 22.3 Å². The number of sulfone groups is 1. The van der Waals surface area contributed by atoms with E-state index in [1.165, 1.54) is 4.68 Å². The molecule has 0 atom stereocenters. The van der Waals surface area contributed by atoms with Crippen molar-refractivity contribution in [2.24, 2.45) is 0 Å². The zero-order valence-electron chi connectivity index (χ0n) is 15.1. The maximum Gasteiger partial charge on any atom is 0.227 e. The number of aryl methyl sites for hydroxylation is 1. The molecule has 0 aliphatic rings. The molecule has 136 valence electrons. The summed E-state index contributed by atoms with van der Waals surface area (Å²) in [6.07, 6.45) is 0. The molecule has 0 aliphatic carbocycles. The average molecular weight is 390 g/mol. The smallest absolute Gasteiger partial charge is 0.217 e. The molecule has 0 saturated carbocycles. The fourth-order valence-electron chi connectivity index (χ4n) is 2.67. The summed E-state index contributed by atoms with van der Waals surface area (Å²) < 4.78 is 27.4. The molecule has 0 unspecified atom stereocenters. The van der Waals surface area contributed by atoms with E-state index < -0.39 is 9.84 Å². The van der Waals surface area contributed by atoms with Gasteiger partial charge in [0.05, 0.1) is 16.3 Å². The van der Waals surface area contributed by atoms with Gasteiger partial charge in [-0.2, -0.15) is 0 Å². The van der Waals surface area contributed by atoms with Gasteiger partial charge in [0.1, 0.15) is 0 Å². The van der Waals surface area contributed by atoms with Gasteiger partial charge < -0.3 is 0 Å². The van der Waals surface area contributed by atoms with Crippen LogP contribution in [0.4, 0.5) is 0 Å². The maximum absolute atomic E-state index is 13.0. The highest BCUT2D eigenvalue weighted by atomic mass is 35.5. The number of hydrogen-bond donors (Lipinski definition) is 0. The Morgan fingerprint density at radius 2 is 1.69 bits per heavy atom. The van der Waals surface area contributed by atoms with E-state index in [9.17, 15) is 8.42 Å². The van der Waals surface area contributed by atoms with Gasteiger partial charge in [0.15, 0.2) is 0 Å². The summed E-state index contributed by atoms with van der Waals surface area (Å²) in [6.45, 7) is 7.71. The Morgan fingerprint density at radius 3 is 2.27 bits per heavy atom. The first-order valence-electron chi connectivity index (χ1n) is 8.25. The van der Waals surface area contributed by atoms with Crippen LogP contribution < -0.4 is 0 Å². The highest BCUT2D eigenvalue weighted by molar-refractivity contribution is 7.91. The van der Waals surface area contributed by atoms with Crippen molar-refractivity contribution in [3.63, 3.8) is 0 Å². The van der Waals surface area contributed by atoms with Crippen molar-refractivity contribution in [2.45, 2.75) is 43.5 Å². The standard InChI is InChI=1S/C19H20ClN3O2S/c1-12(2)15-6-9-17(10-7-15)26(24,25)19-14(4)23(22-21-19)16-8-5-13(3)18(20)11-16/h5-12H,1-4H3. The zero-order chi connectivity index (χ0) is 19.1. The summed E-state index contributed by atoms with van der Waals surface area (Å²) in [4.78, 5) is 0.207. The Labute approximate surface area is 158 Å². The van der Waals surface area contributed by atoms with E-state index >= 15 is 0 Å². The van der Waals surface area contributed by atoms with Gasteiger partial charge in [0, 0.05) is 5.02 Å². The number of halogens is 1. The molecule has 3 rings (SSSR count). The second-order valence-corrected chi connectivity index (χ2v) is 8.82. The summed E-state index contributed by atoms with van der Waals surface area (Å²) in [7, 11) is -3.74. The predicted molar refractivity (Wildman–Crippen MR) is 102 cm³/mol. The SMILES string of the molecule is Cc1ccc(-n2nnc(S(=O)(=O)c3ccc(C(C)C)cc3)c2C)cc1Cl. The van der Waals surface area contributed by atoms with E-state index in [0.717, 1.165) is 11.1 Å². The van der Waals surface area contributed by atoms with Crippen molar-refractivity contribution in [1.82, 2.24) is 15.0 Å². The van der Waals surface area contributed by atoms with Gasteiger partial charge in [0.2, 0.25) is 14.9 Å². The number of rotatable bonds is 4. The molecule has 0 aliphatic heterocycles. The minimum atomic E-state index is -3.74. The Morgan fingerprint density at radius 1 is 1.04 bits per heavy atom.